The summed E-state index contributed by atoms with van der Waals surface area (Å²) in [6.07, 6.45) is 5.40. The minimum Gasteiger partial charge on any atom is -0.351 e. The molecule has 2 aromatic carbocycles. The Morgan fingerprint density at radius 2 is 1.90 bits per heavy atom. The number of anilines is 1. The zero-order valence-corrected chi connectivity index (χ0v) is 16.3. The van der Waals surface area contributed by atoms with Crippen LogP contribution in [0.15, 0.2) is 79.3 Å². The summed E-state index contributed by atoms with van der Waals surface area (Å²) in [5.41, 5.74) is 3.91. The van der Waals surface area contributed by atoms with Crippen LogP contribution in [-0.2, 0) is 13.6 Å². The Morgan fingerprint density at radius 1 is 1.03 bits per heavy atom. The molecule has 5 aromatic rings. The highest BCUT2D eigenvalue weighted by atomic mass is 19.1. The second-order valence-electron chi connectivity index (χ2n) is 7.33. The van der Waals surface area contributed by atoms with Gasteiger partial charge in [-0.1, -0.05) is 12.1 Å². The van der Waals surface area contributed by atoms with Gasteiger partial charge in [0.05, 0.1) is 11.7 Å². The van der Waals surface area contributed by atoms with Crippen molar-refractivity contribution in [2.24, 2.45) is 7.05 Å². The Balaban J connectivity index is 1.52. The topological polar surface area (TPSA) is 51.9 Å². The van der Waals surface area contributed by atoms with Gasteiger partial charge >= 0.3 is 0 Å². The van der Waals surface area contributed by atoms with Gasteiger partial charge in [-0.2, -0.15) is 0 Å². The van der Waals surface area contributed by atoms with Crippen LogP contribution in [0.4, 0.5) is 10.1 Å². The Morgan fingerprint density at radius 3 is 2.77 bits per heavy atom. The fourth-order valence-electron chi connectivity index (χ4n) is 3.83. The van der Waals surface area contributed by atoms with Crippen molar-refractivity contribution < 1.29 is 9.18 Å². The SMILES string of the molecule is Cn1ccc2cc(NC(=O)c3cc4ccncc4n3Cc3cccc(F)c3)ccc21. The molecule has 3 heterocycles. The predicted molar refractivity (Wildman–Crippen MR) is 116 cm³/mol. The lowest BCUT2D eigenvalue weighted by molar-refractivity contribution is 0.101. The summed E-state index contributed by atoms with van der Waals surface area (Å²) in [5, 5.41) is 4.96. The summed E-state index contributed by atoms with van der Waals surface area (Å²) in [4.78, 5) is 17.4. The zero-order valence-electron chi connectivity index (χ0n) is 16.3. The van der Waals surface area contributed by atoms with Crippen molar-refractivity contribution in [1.82, 2.24) is 14.1 Å². The number of hydrogen-bond acceptors (Lipinski definition) is 2. The maximum atomic E-state index is 13.7. The monoisotopic (exact) mass is 398 g/mol. The second kappa shape index (κ2) is 7.15. The van der Waals surface area contributed by atoms with Gasteiger partial charge in [-0.15, -0.1) is 0 Å². The molecular weight excluding hydrogens is 379 g/mol. The van der Waals surface area contributed by atoms with Crippen LogP contribution in [-0.4, -0.2) is 20.0 Å². The van der Waals surface area contributed by atoms with E-state index in [2.05, 4.69) is 10.3 Å². The first-order valence-corrected chi connectivity index (χ1v) is 9.62. The van der Waals surface area contributed by atoms with Crippen LogP contribution in [0.25, 0.3) is 21.8 Å². The molecule has 0 saturated carbocycles. The molecule has 0 bridgehead atoms. The van der Waals surface area contributed by atoms with Crippen LogP contribution < -0.4 is 5.32 Å². The minimum atomic E-state index is -0.302. The van der Waals surface area contributed by atoms with Gasteiger partial charge in [0.15, 0.2) is 0 Å². The summed E-state index contributed by atoms with van der Waals surface area (Å²) in [6, 6.07) is 17.9. The summed E-state index contributed by atoms with van der Waals surface area (Å²) < 4.78 is 17.6. The van der Waals surface area contributed by atoms with Crippen molar-refractivity contribution in [2.45, 2.75) is 6.54 Å². The van der Waals surface area contributed by atoms with Crippen molar-refractivity contribution in [3.05, 3.63) is 96.3 Å². The predicted octanol–water partition coefficient (Wildman–Crippen LogP) is 4.97. The van der Waals surface area contributed by atoms with Gasteiger partial charge in [-0.25, -0.2) is 4.39 Å². The normalized spacial score (nSPS) is 11.3. The van der Waals surface area contributed by atoms with E-state index in [4.69, 9.17) is 0 Å². The smallest absolute Gasteiger partial charge is 0.272 e. The summed E-state index contributed by atoms with van der Waals surface area (Å²) in [6.45, 7) is 0.368. The number of aryl methyl sites for hydroxylation is 1. The highest BCUT2D eigenvalue weighted by Gasteiger charge is 2.17. The molecule has 5 nitrogen and oxygen atoms in total. The molecule has 5 rings (SSSR count). The molecule has 148 valence electrons. The lowest BCUT2D eigenvalue weighted by Crippen LogP contribution is -2.17. The molecule has 0 radical (unpaired) electrons. The number of halogens is 1. The second-order valence-corrected chi connectivity index (χ2v) is 7.33. The van der Waals surface area contributed by atoms with Crippen LogP contribution in [0.1, 0.15) is 16.1 Å². The number of fused-ring (bicyclic) bond motifs is 2. The standard InChI is InChI=1S/C24H19FN4O/c1-28-10-8-18-12-20(5-6-21(18)28)27-24(30)22-13-17-7-9-26-14-23(17)29(22)15-16-3-2-4-19(25)11-16/h2-14H,15H2,1H3,(H,27,30). The van der Waals surface area contributed by atoms with Gasteiger partial charge in [-0.05, 0) is 54.1 Å². The molecule has 1 N–H and O–H groups in total. The molecule has 0 atom stereocenters. The fourth-order valence-corrected chi connectivity index (χ4v) is 3.83. The number of hydrogen-bond donors (Lipinski definition) is 1. The van der Waals surface area contributed by atoms with Crippen LogP contribution in [0.3, 0.4) is 0 Å². The third-order valence-electron chi connectivity index (χ3n) is 5.31. The van der Waals surface area contributed by atoms with E-state index in [9.17, 15) is 9.18 Å². The molecule has 3 aromatic heterocycles. The van der Waals surface area contributed by atoms with Gasteiger partial charge in [0, 0.05) is 48.0 Å². The quantitative estimate of drug-likeness (QED) is 0.465. The first-order chi connectivity index (χ1) is 14.6. The van der Waals surface area contributed by atoms with Gasteiger partial charge in [0.2, 0.25) is 0 Å². The van der Waals surface area contributed by atoms with E-state index in [1.807, 2.05) is 64.8 Å². The maximum absolute atomic E-state index is 13.7. The van der Waals surface area contributed by atoms with Crippen LogP contribution in [0.2, 0.25) is 0 Å². The molecule has 6 heteroatoms. The number of nitrogens with one attached hydrogen (secondary N) is 1. The number of carbonyl (C=O) groups excluding carboxylic acids is 1. The number of carbonyl (C=O) groups is 1. The third kappa shape index (κ3) is 3.22. The molecule has 0 saturated heterocycles. The fraction of sp³-hybridized carbons (Fsp3) is 0.0833. The molecule has 0 fully saturated rings. The van der Waals surface area contributed by atoms with Crippen molar-refractivity contribution >= 4 is 33.4 Å². The largest absolute Gasteiger partial charge is 0.351 e. The van der Waals surface area contributed by atoms with E-state index in [1.165, 1.54) is 12.1 Å². The summed E-state index contributed by atoms with van der Waals surface area (Å²) in [5.74, 6) is -0.526. The van der Waals surface area contributed by atoms with Crippen LogP contribution >= 0.6 is 0 Å². The molecule has 1 amide bonds. The average molecular weight is 398 g/mol. The number of benzene rings is 2. The highest BCUT2D eigenvalue weighted by molar-refractivity contribution is 6.07. The molecule has 0 spiro atoms. The Kier molecular flexibility index (Phi) is 4.32. The van der Waals surface area contributed by atoms with E-state index in [-0.39, 0.29) is 11.7 Å². The summed E-state index contributed by atoms with van der Waals surface area (Å²) in [7, 11) is 1.99. The molecule has 0 aliphatic carbocycles. The lowest BCUT2D eigenvalue weighted by Gasteiger charge is -2.12. The van der Waals surface area contributed by atoms with Crippen molar-refractivity contribution in [3.8, 4) is 0 Å². The van der Waals surface area contributed by atoms with E-state index < -0.39 is 0 Å². The number of nitrogens with zero attached hydrogens (tertiary/aromatic N) is 3. The van der Waals surface area contributed by atoms with Gasteiger partial charge < -0.3 is 14.5 Å². The minimum absolute atomic E-state index is 0.224. The number of aromatic nitrogens is 3. The molecule has 0 unspecified atom stereocenters. The first kappa shape index (κ1) is 18.1. The Bertz CT molecular complexity index is 1400. The first-order valence-electron chi connectivity index (χ1n) is 9.62. The van der Waals surface area contributed by atoms with E-state index in [1.54, 1.807) is 18.5 Å². The van der Waals surface area contributed by atoms with Crippen molar-refractivity contribution in [3.63, 3.8) is 0 Å². The number of pyridine rings is 1. The average Bonchev–Trinajstić information content (AvgIpc) is 3.29. The Labute approximate surface area is 172 Å². The number of amides is 1. The van der Waals surface area contributed by atoms with Gasteiger partial charge in [0.1, 0.15) is 11.5 Å². The Hall–Kier alpha value is -3.93. The zero-order chi connectivity index (χ0) is 20.7. The molecular formula is C24H19FN4O. The van der Waals surface area contributed by atoms with Crippen LogP contribution in [0.5, 0.6) is 0 Å². The van der Waals surface area contributed by atoms with Gasteiger partial charge in [-0.3, -0.25) is 9.78 Å². The molecule has 0 aliphatic rings. The highest BCUT2D eigenvalue weighted by Crippen LogP contribution is 2.24. The van der Waals surface area contributed by atoms with E-state index in [0.717, 1.165) is 33.1 Å². The summed E-state index contributed by atoms with van der Waals surface area (Å²) >= 11 is 0. The van der Waals surface area contributed by atoms with Gasteiger partial charge in [0.25, 0.3) is 5.91 Å². The third-order valence-corrected chi connectivity index (χ3v) is 5.31. The molecule has 0 aliphatic heterocycles. The van der Waals surface area contributed by atoms with E-state index >= 15 is 0 Å². The molecule has 30 heavy (non-hydrogen) atoms. The van der Waals surface area contributed by atoms with E-state index in [0.29, 0.717) is 12.2 Å². The lowest BCUT2D eigenvalue weighted by atomic mass is 10.2. The van der Waals surface area contributed by atoms with Crippen LogP contribution in [0, 0.1) is 5.82 Å². The number of rotatable bonds is 4. The van der Waals surface area contributed by atoms with Crippen molar-refractivity contribution in [1.29, 1.82) is 0 Å². The van der Waals surface area contributed by atoms with Crippen molar-refractivity contribution in [2.75, 3.05) is 5.32 Å². The maximum Gasteiger partial charge on any atom is 0.272 e.